The van der Waals surface area contributed by atoms with Crippen molar-refractivity contribution in [2.75, 3.05) is 61.9 Å². The molecule has 48 heavy (non-hydrogen) atoms. The second kappa shape index (κ2) is 14.8. The number of hydrogen-bond donors (Lipinski definition) is 2. The standard InChI is InChI=1S/C35H44F3N7O2S/c1-34(2,24-39)33-10-9-27(23-41-33)40-15-5-6-29-22-30-31(7-4-8-32(30)45(29)25-35(36,37)38)42-26-11-18-44(19-12-26)28-13-16-43(17-14-28)20-21-48(3,46)47/h4,7-10,22-23,26,28,40,42H,11-21,25H2,1-3H3. The molecule has 2 aliphatic heterocycles. The lowest BCUT2D eigenvalue weighted by Crippen LogP contribution is -2.49. The maximum absolute atomic E-state index is 13.7. The number of benzene rings is 1. The highest BCUT2D eigenvalue weighted by Gasteiger charge is 2.31. The third kappa shape index (κ3) is 9.43. The van der Waals surface area contributed by atoms with E-state index in [9.17, 15) is 26.9 Å². The zero-order valence-electron chi connectivity index (χ0n) is 27.8. The van der Waals surface area contributed by atoms with Crippen molar-refractivity contribution in [1.29, 1.82) is 5.26 Å². The van der Waals surface area contributed by atoms with E-state index in [1.54, 1.807) is 50.4 Å². The molecule has 0 saturated carbocycles. The van der Waals surface area contributed by atoms with Gasteiger partial charge in [-0.05, 0) is 88.9 Å². The topological polar surface area (TPSA) is 106 Å². The number of sulfone groups is 1. The summed E-state index contributed by atoms with van der Waals surface area (Å²) in [7, 11) is -2.96. The molecule has 0 bridgehead atoms. The van der Waals surface area contributed by atoms with Crippen LogP contribution in [-0.4, -0.2) is 97.3 Å². The van der Waals surface area contributed by atoms with Gasteiger partial charge in [0.2, 0.25) is 0 Å². The largest absolute Gasteiger partial charge is 0.406 e. The van der Waals surface area contributed by atoms with Gasteiger partial charge in [0.05, 0.1) is 52.6 Å². The van der Waals surface area contributed by atoms with Gasteiger partial charge in [0.15, 0.2) is 0 Å². The predicted octanol–water partition coefficient (Wildman–Crippen LogP) is 5.25. The molecular formula is C35H44F3N7O2S. The van der Waals surface area contributed by atoms with Gasteiger partial charge in [0.1, 0.15) is 16.4 Å². The Kier molecular flexibility index (Phi) is 10.9. The first-order valence-corrected chi connectivity index (χ1v) is 18.5. The smallest absolute Gasteiger partial charge is 0.382 e. The number of likely N-dealkylation sites (tertiary alicyclic amines) is 2. The Morgan fingerprint density at radius 1 is 1.04 bits per heavy atom. The minimum atomic E-state index is -4.41. The van der Waals surface area contributed by atoms with Gasteiger partial charge in [-0.2, -0.15) is 18.4 Å². The van der Waals surface area contributed by atoms with Crippen LogP contribution in [-0.2, 0) is 21.8 Å². The highest BCUT2D eigenvalue weighted by molar-refractivity contribution is 7.90. The van der Waals surface area contributed by atoms with Crippen LogP contribution in [0.3, 0.4) is 0 Å². The molecule has 5 rings (SSSR count). The number of nitrogens with zero attached hydrogens (tertiary/aromatic N) is 5. The second-order valence-corrected chi connectivity index (χ2v) is 15.7. The summed E-state index contributed by atoms with van der Waals surface area (Å²) in [6, 6.07) is 13.6. The van der Waals surface area contributed by atoms with Gasteiger partial charge in [0.25, 0.3) is 0 Å². The van der Waals surface area contributed by atoms with Gasteiger partial charge in [0, 0.05) is 49.0 Å². The summed E-state index contributed by atoms with van der Waals surface area (Å²) in [6.07, 6.45) is 2.39. The van der Waals surface area contributed by atoms with Crippen molar-refractivity contribution < 1.29 is 21.6 Å². The number of anilines is 2. The predicted molar refractivity (Wildman–Crippen MR) is 184 cm³/mol. The van der Waals surface area contributed by atoms with Crippen molar-refractivity contribution in [1.82, 2.24) is 19.4 Å². The molecule has 2 aliphatic rings. The van der Waals surface area contributed by atoms with Crippen molar-refractivity contribution in [2.24, 2.45) is 0 Å². The number of hydrogen-bond acceptors (Lipinski definition) is 8. The zero-order chi connectivity index (χ0) is 34.5. The van der Waals surface area contributed by atoms with Gasteiger partial charge >= 0.3 is 6.18 Å². The normalized spacial score (nSPS) is 17.5. The van der Waals surface area contributed by atoms with Crippen LogP contribution < -0.4 is 10.6 Å². The van der Waals surface area contributed by atoms with Gasteiger partial charge in [-0.1, -0.05) is 12.0 Å². The second-order valence-electron chi connectivity index (χ2n) is 13.5. The van der Waals surface area contributed by atoms with E-state index < -0.39 is 28.0 Å². The highest BCUT2D eigenvalue weighted by Crippen LogP contribution is 2.32. The van der Waals surface area contributed by atoms with Crippen molar-refractivity contribution in [3.05, 3.63) is 54.0 Å². The van der Waals surface area contributed by atoms with Crippen LogP contribution in [0.2, 0.25) is 0 Å². The van der Waals surface area contributed by atoms with E-state index in [1.807, 2.05) is 6.07 Å². The fraction of sp³-hybridized carbons (Fsp3) is 0.543. The first-order chi connectivity index (χ1) is 22.7. The first kappa shape index (κ1) is 35.5. The molecule has 13 heteroatoms. The van der Waals surface area contributed by atoms with Gasteiger partial charge in [-0.15, -0.1) is 0 Å². The van der Waals surface area contributed by atoms with Gasteiger partial charge in [-0.25, -0.2) is 8.42 Å². The highest BCUT2D eigenvalue weighted by atomic mass is 32.2. The van der Waals surface area contributed by atoms with Crippen LogP contribution in [0, 0.1) is 23.2 Å². The fourth-order valence-electron chi connectivity index (χ4n) is 6.50. The summed E-state index contributed by atoms with van der Waals surface area (Å²) < 4.78 is 65.4. The molecule has 0 spiro atoms. The molecule has 2 N–H and O–H groups in total. The Hall–Kier alpha value is -3.78. The number of halogens is 3. The third-order valence-corrected chi connectivity index (χ3v) is 10.2. The minimum Gasteiger partial charge on any atom is -0.382 e. The Balaban J connectivity index is 1.21. The van der Waals surface area contributed by atoms with Gasteiger partial charge < -0.3 is 25.0 Å². The fourth-order valence-corrected chi connectivity index (χ4v) is 7.09. The molecule has 2 aromatic heterocycles. The molecule has 0 atom stereocenters. The van der Waals surface area contributed by atoms with Crippen LogP contribution in [0.4, 0.5) is 24.5 Å². The van der Waals surface area contributed by atoms with Crippen LogP contribution >= 0.6 is 0 Å². The maximum Gasteiger partial charge on any atom is 0.406 e. The van der Waals surface area contributed by atoms with E-state index in [2.05, 4.69) is 43.3 Å². The Labute approximate surface area is 281 Å². The van der Waals surface area contributed by atoms with E-state index in [-0.39, 0.29) is 18.3 Å². The van der Waals surface area contributed by atoms with E-state index in [1.165, 1.54) is 10.8 Å². The van der Waals surface area contributed by atoms with Crippen LogP contribution in [0.15, 0.2) is 42.6 Å². The van der Waals surface area contributed by atoms with E-state index >= 15 is 0 Å². The number of pyridine rings is 1. The summed E-state index contributed by atoms with van der Waals surface area (Å²) >= 11 is 0. The van der Waals surface area contributed by atoms with Crippen molar-refractivity contribution in [2.45, 2.75) is 69.8 Å². The minimum absolute atomic E-state index is 0.198. The molecule has 3 aromatic rings. The quantitative estimate of drug-likeness (QED) is 0.280. The third-order valence-electron chi connectivity index (χ3n) is 9.30. The van der Waals surface area contributed by atoms with E-state index in [0.29, 0.717) is 40.6 Å². The average Bonchev–Trinajstić information content (AvgIpc) is 3.39. The zero-order valence-corrected chi connectivity index (χ0v) is 28.6. The molecule has 9 nitrogen and oxygen atoms in total. The molecule has 0 aliphatic carbocycles. The summed E-state index contributed by atoms with van der Waals surface area (Å²) in [5.41, 5.74) is 2.21. The van der Waals surface area contributed by atoms with Crippen molar-refractivity contribution in [3.63, 3.8) is 0 Å². The monoisotopic (exact) mass is 683 g/mol. The maximum atomic E-state index is 13.7. The van der Waals surface area contributed by atoms with Crippen LogP contribution in [0.25, 0.3) is 10.9 Å². The lowest BCUT2D eigenvalue weighted by Gasteiger charge is -2.42. The van der Waals surface area contributed by atoms with E-state index in [4.69, 9.17) is 0 Å². The number of fused-ring (bicyclic) bond motifs is 1. The number of piperidine rings is 2. The number of alkyl halides is 3. The molecule has 0 amide bonds. The SMILES string of the molecule is CC(C)(C#N)c1ccc(NCC#Cc2cc3c(NC4CCN(C5CCN(CCS(C)(=O)=O)CC5)CC4)cccc3n2CC(F)(F)F)cn1. The molecule has 2 saturated heterocycles. The molecule has 1 aromatic carbocycles. The summed E-state index contributed by atoms with van der Waals surface area (Å²) in [5.74, 6) is 6.11. The molecule has 2 fully saturated rings. The summed E-state index contributed by atoms with van der Waals surface area (Å²) in [5, 5.41) is 16.8. The number of nitriles is 1. The Morgan fingerprint density at radius 2 is 1.77 bits per heavy atom. The first-order valence-electron chi connectivity index (χ1n) is 16.4. The number of aromatic nitrogens is 2. The number of rotatable bonds is 10. The average molecular weight is 684 g/mol. The van der Waals surface area contributed by atoms with Crippen LogP contribution in [0.1, 0.15) is 50.9 Å². The number of nitrogens with one attached hydrogen (secondary N) is 2. The van der Waals surface area contributed by atoms with Crippen molar-refractivity contribution >= 4 is 32.1 Å². The Morgan fingerprint density at radius 3 is 2.40 bits per heavy atom. The summed E-state index contributed by atoms with van der Waals surface area (Å²) in [4.78, 5) is 9.12. The van der Waals surface area contributed by atoms with Crippen molar-refractivity contribution in [3.8, 4) is 17.9 Å². The lowest BCUT2D eigenvalue weighted by molar-refractivity contribution is -0.140. The lowest BCUT2D eigenvalue weighted by atomic mass is 9.91. The molecule has 0 unspecified atom stereocenters. The molecule has 0 radical (unpaired) electrons. The Bertz CT molecular complexity index is 1770. The molecular weight excluding hydrogens is 639 g/mol. The van der Waals surface area contributed by atoms with E-state index in [0.717, 1.165) is 57.5 Å². The summed E-state index contributed by atoms with van der Waals surface area (Å²) in [6.45, 7) is 6.93. The molecule has 258 valence electrons. The molecule has 4 heterocycles. The van der Waals surface area contributed by atoms with Gasteiger partial charge in [-0.3, -0.25) is 4.98 Å². The van der Waals surface area contributed by atoms with Crippen LogP contribution in [0.5, 0.6) is 0 Å².